The minimum absolute atomic E-state index is 0.136. The zero-order valence-corrected chi connectivity index (χ0v) is 15.4. The van der Waals surface area contributed by atoms with Crippen LogP contribution in [0.2, 0.25) is 0 Å². The number of carbonyl (C=O) groups is 1. The van der Waals surface area contributed by atoms with E-state index in [1.54, 1.807) is 10.9 Å². The van der Waals surface area contributed by atoms with Gasteiger partial charge in [-0.2, -0.15) is 10.2 Å². The molecule has 2 aromatic carbocycles. The van der Waals surface area contributed by atoms with E-state index in [-0.39, 0.29) is 12.5 Å². The van der Waals surface area contributed by atoms with Crippen LogP contribution < -0.4 is 10.2 Å². The highest BCUT2D eigenvalue weighted by molar-refractivity contribution is 5.82. The number of carbonyl (C=O) groups excluding carboxylic acids is 1. The van der Waals surface area contributed by atoms with E-state index in [1.807, 2.05) is 74.5 Å². The molecule has 27 heavy (non-hydrogen) atoms. The summed E-state index contributed by atoms with van der Waals surface area (Å²) in [6.07, 6.45) is 1.59. The summed E-state index contributed by atoms with van der Waals surface area (Å²) in [5, 5.41) is 8.27. The molecule has 0 bridgehead atoms. The molecule has 6 heteroatoms. The number of hydrogen-bond donors (Lipinski definition) is 1. The molecule has 3 aromatic rings. The molecule has 3 rings (SSSR count). The van der Waals surface area contributed by atoms with Gasteiger partial charge >= 0.3 is 0 Å². The van der Waals surface area contributed by atoms with Crippen molar-refractivity contribution in [3.05, 3.63) is 83.2 Å². The first-order valence-corrected chi connectivity index (χ1v) is 8.70. The van der Waals surface area contributed by atoms with Crippen molar-refractivity contribution in [1.82, 2.24) is 15.2 Å². The fourth-order valence-electron chi connectivity index (χ4n) is 2.61. The second-order valence-corrected chi connectivity index (χ2v) is 6.22. The van der Waals surface area contributed by atoms with Crippen LogP contribution in [-0.4, -0.2) is 21.9 Å². The Morgan fingerprint density at radius 3 is 2.70 bits per heavy atom. The second-order valence-electron chi connectivity index (χ2n) is 6.22. The molecule has 0 fully saturated rings. The lowest BCUT2D eigenvalue weighted by atomic mass is 10.2. The summed E-state index contributed by atoms with van der Waals surface area (Å²) in [5.41, 5.74) is 6.29. The largest absolute Gasteiger partial charge is 0.489 e. The number of amides is 1. The molecule has 1 N–H and O–H groups in total. The number of ether oxygens (including phenoxy) is 1. The summed E-state index contributed by atoms with van der Waals surface area (Å²) < 4.78 is 7.45. The van der Waals surface area contributed by atoms with Gasteiger partial charge in [-0.25, -0.2) is 5.43 Å². The molecule has 1 amide bonds. The molecule has 6 nitrogen and oxygen atoms in total. The van der Waals surface area contributed by atoms with Gasteiger partial charge in [-0.05, 0) is 43.2 Å². The third-order valence-electron chi connectivity index (χ3n) is 3.91. The number of rotatable bonds is 7. The van der Waals surface area contributed by atoms with Gasteiger partial charge in [0, 0.05) is 5.69 Å². The zero-order chi connectivity index (χ0) is 19.1. The first kappa shape index (κ1) is 18.4. The number of aryl methyl sites for hydroxylation is 2. The Hall–Kier alpha value is -3.41. The molecule has 0 saturated carbocycles. The second kappa shape index (κ2) is 8.80. The lowest BCUT2D eigenvalue weighted by Gasteiger charge is -2.07. The SMILES string of the molecule is Cc1cc(C)n(CC(=O)N/N=C\c2cccc(OCc3ccccc3)c2)n1. The topological polar surface area (TPSA) is 68.5 Å². The van der Waals surface area contributed by atoms with Crippen molar-refractivity contribution < 1.29 is 9.53 Å². The molecule has 138 valence electrons. The molecule has 0 aliphatic heterocycles. The molecule has 0 atom stereocenters. The van der Waals surface area contributed by atoms with E-state index in [9.17, 15) is 4.79 Å². The van der Waals surface area contributed by atoms with Gasteiger partial charge in [-0.15, -0.1) is 0 Å². The van der Waals surface area contributed by atoms with Crippen LogP contribution in [0.5, 0.6) is 5.75 Å². The Bertz CT molecular complexity index is 932. The predicted molar refractivity (Wildman–Crippen MR) is 105 cm³/mol. The van der Waals surface area contributed by atoms with E-state index < -0.39 is 0 Å². The first-order chi connectivity index (χ1) is 13.1. The number of nitrogens with zero attached hydrogens (tertiary/aromatic N) is 3. The van der Waals surface area contributed by atoms with Crippen LogP contribution in [-0.2, 0) is 17.9 Å². The summed E-state index contributed by atoms with van der Waals surface area (Å²) in [4.78, 5) is 12.0. The van der Waals surface area contributed by atoms with E-state index >= 15 is 0 Å². The van der Waals surface area contributed by atoms with Gasteiger partial charge in [0.05, 0.1) is 11.9 Å². The van der Waals surface area contributed by atoms with E-state index in [2.05, 4.69) is 15.6 Å². The number of benzene rings is 2. The van der Waals surface area contributed by atoms with Crippen LogP contribution in [0, 0.1) is 13.8 Å². The zero-order valence-electron chi connectivity index (χ0n) is 15.4. The van der Waals surface area contributed by atoms with Gasteiger partial charge < -0.3 is 4.74 Å². The normalized spacial score (nSPS) is 10.9. The van der Waals surface area contributed by atoms with Crippen LogP contribution >= 0.6 is 0 Å². The van der Waals surface area contributed by atoms with Crippen molar-refractivity contribution in [1.29, 1.82) is 0 Å². The van der Waals surface area contributed by atoms with E-state index in [0.717, 1.165) is 28.3 Å². The van der Waals surface area contributed by atoms with E-state index in [1.165, 1.54) is 0 Å². The van der Waals surface area contributed by atoms with Gasteiger partial charge in [0.1, 0.15) is 18.9 Å². The summed E-state index contributed by atoms with van der Waals surface area (Å²) in [6, 6.07) is 19.5. The fourth-order valence-corrected chi connectivity index (χ4v) is 2.61. The molecule has 1 heterocycles. The molecule has 0 aliphatic carbocycles. The van der Waals surface area contributed by atoms with Crippen molar-refractivity contribution >= 4 is 12.1 Å². The van der Waals surface area contributed by atoms with Crippen LogP contribution in [0.4, 0.5) is 0 Å². The van der Waals surface area contributed by atoms with Gasteiger partial charge in [-0.1, -0.05) is 42.5 Å². The number of aromatic nitrogens is 2. The fraction of sp³-hybridized carbons (Fsp3) is 0.190. The van der Waals surface area contributed by atoms with Gasteiger partial charge in [0.25, 0.3) is 5.91 Å². The first-order valence-electron chi connectivity index (χ1n) is 8.70. The maximum atomic E-state index is 12.0. The Kier molecular flexibility index (Phi) is 5.99. The molecular formula is C21H22N4O2. The minimum atomic E-state index is -0.228. The molecule has 0 radical (unpaired) electrons. The Morgan fingerprint density at radius 2 is 1.96 bits per heavy atom. The van der Waals surface area contributed by atoms with Gasteiger partial charge in [-0.3, -0.25) is 9.48 Å². The lowest BCUT2D eigenvalue weighted by Crippen LogP contribution is -2.24. The average Bonchev–Trinajstić information content (AvgIpc) is 2.98. The maximum absolute atomic E-state index is 12.0. The number of hydrogen-bond acceptors (Lipinski definition) is 4. The lowest BCUT2D eigenvalue weighted by molar-refractivity contribution is -0.121. The highest BCUT2D eigenvalue weighted by Crippen LogP contribution is 2.14. The Labute approximate surface area is 158 Å². The third-order valence-corrected chi connectivity index (χ3v) is 3.91. The smallest absolute Gasteiger partial charge is 0.261 e. The van der Waals surface area contributed by atoms with Crippen LogP contribution in [0.3, 0.4) is 0 Å². The molecule has 1 aromatic heterocycles. The number of hydrazone groups is 1. The summed E-state index contributed by atoms with van der Waals surface area (Å²) in [6.45, 7) is 4.45. The van der Waals surface area contributed by atoms with E-state index in [4.69, 9.17) is 4.74 Å². The molecule has 0 saturated heterocycles. The van der Waals surface area contributed by atoms with E-state index in [0.29, 0.717) is 6.61 Å². The standard InChI is InChI=1S/C21H22N4O2/c1-16-11-17(2)25(24-16)14-21(26)23-22-13-19-9-6-10-20(12-19)27-15-18-7-4-3-5-8-18/h3-13H,14-15H2,1-2H3,(H,23,26)/b22-13-. The van der Waals surface area contributed by atoms with Gasteiger partial charge in [0.15, 0.2) is 0 Å². The highest BCUT2D eigenvalue weighted by atomic mass is 16.5. The minimum Gasteiger partial charge on any atom is -0.489 e. The maximum Gasteiger partial charge on any atom is 0.261 e. The average molecular weight is 362 g/mol. The third kappa shape index (κ3) is 5.54. The Balaban J connectivity index is 1.52. The Morgan fingerprint density at radius 1 is 1.15 bits per heavy atom. The van der Waals surface area contributed by atoms with Crippen molar-refractivity contribution in [3.63, 3.8) is 0 Å². The van der Waals surface area contributed by atoms with Crippen LogP contribution in [0.25, 0.3) is 0 Å². The highest BCUT2D eigenvalue weighted by Gasteiger charge is 2.06. The van der Waals surface area contributed by atoms with Crippen molar-refractivity contribution in [3.8, 4) is 5.75 Å². The van der Waals surface area contributed by atoms with Crippen molar-refractivity contribution in [2.75, 3.05) is 0 Å². The van der Waals surface area contributed by atoms with Gasteiger partial charge in [0.2, 0.25) is 0 Å². The quantitative estimate of drug-likeness (QED) is 0.518. The monoisotopic (exact) mass is 362 g/mol. The summed E-state index contributed by atoms with van der Waals surface area (Å²) in [7, 11) is 0. The van der Waals surface area contributed by atoms with Crippen LogP contribution in [0.1, 0.15) is 22.5 Å². The van der Waals surface area contributed by atoms with Crippen molar-refractivity contribution in [2.24, 2.45) is 5.10 Å². The molecule has 0 aliphatic rings. The van der Waals surface area contributed by atoms with Crippen LogP contribution in [0.15, 0.2) is 65.8 Å². The summed E-state index contributed by atoms with van der Waals surface area (Å²) in [5.74, 6) is 0.519. The predicted octanol–water partition coefficient (Wildman–Crippen LogP) is 3.23. The summed E-state index contributed by atoms with van der Waals surface area (Å²) >= 11 is 0. The van der Waals surface area contributed by atoms with Crippen molar-refractivity contribution in [2.45, 2.75) is 27.0 Å². The molecular weight excluding hydrogens is 340 g/mol. The molecule has 0 unspecified atom stereocenters. The molecule has 0 spiro atoms. The number of nitrogens with one attached hydrogen (secondary N) is 1.